The second kappa shape index (κ2) is 7.49. The summed E-state index contributed by atoms with van der Waals surface area (Å²) in [5, 5.41) is 3.81. The maximum absolute atomic E-state index is 11.3. The molecule has 3 atom stereocenters. The first kappa shape index (κ1) is 15.1. The minimum atomic E-state index is -0.710. The van der Waals surface area contributed by atoms with Crippen molar-refractivity contribution in [2.45, 2.75) is 44.9 Å². The molecule has 0 bridgehead atoms. The molecule has 0 spiro atoms. The average molecular weight is 260 g/mol. The van der Waals surface area contributed by atoms with E-state index in [1.807, 2.05) is 0 Å². The van der Waals surface area contributed by atoms with E-state index in [9.17, 15) is 4.21 Å². The van der Waals surface area contributed by atoms with Crippen LogP contribution in [0.3, 0.4) is 0 Å². The van der Waals surface area contributed by atoms with Crippen LogP contribution in [0.25, 0.3) is 0 Å². The van der Waals surface area contributed by atoms with Crippen LogP contribution in [-0.4, -0.2) is 52.8 Å². The number of nitrogens with one attached hydrogen (secondary N) is 1. The molecule has 0 aromatic rings. The Morgan fingerprint density at radius 1 is 1.35 bits per heavy atom. The Morgan fingerprint density at radius 3 is 2.41 bits per heavy atom. The van der Waals surface area contributed by atoms with Crippen LogP contribution in [0.5, 0.6) is 0 Å². The number of hydrogen-bond donors (Lipinski definition) is 1. The molecule has 1 rings (SSSR count). The van der Waals surface area contributed by atoms with E-state index in [0.717, 1.165) is 12.5 Å². The third-order valence-electron chi connectivity index (χ3n) is 4.08. The molecule has 1 saturated heterocycles. The fourth-order valence-electron chi connectivity index (χ4n) is 2.41. The summed E-state index contributed by atoms with van der Waals surface area (Å²) in [5.41, 5.74) is 0. The zero-order chi connectivity index (χ0) is 12.8. The van der Waals surface area contributed by atoms with Crippen LogP contribution in [0, 0.1) is 5.92 Å². The smallest absolute Gasteiger partial charge is 0.0441 e. The van der Waals surface area contributed by atoms with Gasteiger partial charge in [0, 0.05) is 34.9 Å². The molecular formula is C13H28N2OS. The average Bonchev–Trinajstić information content (AvgIpc) is 2.35. The standard InChI is InChI=1S/C13H28N2OS/c1-5-15-8-6-13(7-9-15)12(3)14-10-11(2)17(4)16/h11-14H,5-10H2,1-4H3. The summed E-state index contributed by atoms with van der Waals surface area (Å²) in [6.45, 7) is 11.1. The molecule has 1 N–H and O–H groups in total. The monoisotopic (exact) mass is 260 g/mol. The minimum Gasteiger partial charge on any atom is -0.313 e. The predicted molar refractivity (Wildman–Crippen MR) is 75.8 cm³/mol. The molecule has 4 heteroatoms. The van der Waals surface area contributed by atoms with Crippen molar-refractivity contribution >= 4 is 10.8 Å². The maximum Gasteiger partial charge on any atom is 0.0441 e. The molecule has 0 radical (unpaired) electrons. The topological polar surface area (TPSA) is 32.3 Å². The lowest BCUT2D eigenvalue weighted by atomic mass is 9.90. The molecular weight excluding hydrogens is 232 g/mol. The van der Waals surface area contributed by atoms with Gasteiger partial charge in [-0.2, -0.15) is 0 Å². The van der Waals surface area contributed by atoms with E-state index in [2.05, 4.69) is 31.0 Å². The molecule has 0 aliphatic carbocycles. The Labute approximate surface area is 109 Å². The Kier molecular flexibility index (Phi) is 6.67. The zero-order valence-corrected chi connectivity index (χ0v) is 12.6. The number of rotatable bonds is 6. The first-order valence-electron chi connectivity index (χ1n) is 6.82. The van der Waals surface area contributed by atoms with Crippen LogP contribution in [-0.2, 0) is 10.8 Å². The third kappa shape index (κ3) is 5.06. The predicted octanol–water partition coefficient (Wildman–Crippen LogP) is 1.46. The number of piperidine rings is 1. The maximum atomic E-state index is 11.3. The summed E-state index contributed by atoms with van der Waals surface area (Å²) in [7, 11) is -0.710. The minimum absolute atomic E-state index is 0.258. The second-order valence-electron chi connectivity index (χ2n) is 5.28. The van der Waals surface area contributed by atoms with Crippen molar-refractivity contribution in [3.05, 3.63) is 0 Å². The normalized spacial score (nSPS) is 24.5. The lowest BCUT2D eigenvalue weighted by molar-refractivity contribution is 0.169. The molecule has 0 saturated carbocycles. The van der Waals surface area contributed by atoms with Gasteiger partial charge in [0.05, 0.1) is 0 Å². The Balaban J connectivity index is 2.24. The summed E-state index contributed by atoms with van der Waals surface area (Å²) in [6.07, 6.45) is 4.38. The summed E-state index contributed by atoms with van der Waals surface area (Å²) in [4.78, 5) is 2.52. The van der Waals surface area contributed by atoms with Crippen molar-refractivity contribution in [2.24, 2.45) is 5.92 Å². The van der Waals surface area contributed by atoms with Gasteiger partial charge in [-0.3, -0.25) is 4.21 Å². The molecule has 0 amide bonds. The highest BCUT2D eigenvalue weighted by molar-refractivity contribution is 7.84. The van der Waals surface area contributed by atoms with Crippen LogP contribution in [0.1, 0.15) is 33.6 Å². The van der Waals surface area contributed by atoms with Gasteiger partial charge in [0.25, 0.3) is 0 Å². The molecule has 3 unspecified atom stereocenters. The highest BCUT2D eigenvalue weighted by Crippen LogP contribution is 2.20. The Bertz CT molecular complexity index is 240. The van der Waals surface area contributed by atoms with Crippen molar-refractivity contribution in [2.75, 3.05) is 32.4 Å². The van der Waals surface area contributed by atoms with Gasteiger partial charge in [0.2, 0.25) is 0 Å². The first-order valence-corrected chi connectivity index (χ1v) is 8.44. The van der Waals surface area contributed by atoms with E-state index in [1.54, 1.807) is 6.26 Å². The third-order valence-corrected chi connectivity index (χ3v) is 5.38. The van der Waals surface area contributed by atoms with Crippen molar-refractivity contribution in [3.63, 3.8) is 0 Å². The van der Waals surface area contributed by atoms with Gasteiger partial charge in [-0.15, -0.1) is 0 Å². The van der Waals surface area contributed by atoms with E-state index >= 15 is 0 Å². The second-order valence-corrected chi connectivity index (χ2v) is 7.08. The number of nitrogens with zero attached hydrogens (tertiary/aromatic N) is 1. The van der Waals surface area contributed by atoms with Crippen LogP contribution < -0.4 is 5.32 Å². The van der Waals surface area contributed by atoms with E-state index in [4.69, 9.17) is 0 Å². The van der Waals surface area contributed by atoms with Crippen molar-refractivity contribution < 1.29 is 4.21 Å². The van der Waals surface area contributed by atoms with Crippen molar-refractivity contribution in [1.82, 2.24) is 10.2 Å². The molecule has 1 heterocycles. The van der Waals surface area contributed by atoms with E-state index in [1.165, 1.54) is 32.5 Å². The molecule has 1 aliphatic rings. The van der Waals surface area contributed by atoms with Crippen molar-refractivity contribution in [1.29, 1.82) is 0 Å². The molecule has 3 nitrogen and oxygen atoms in total. The largest absolute Gasteiger partial charge is 0.313 e. The highest BCUT2D eigenvalue weighted by Gasteiger charge is 2.23. The summed E-state index contributed by atoms with van der Waals surface area (Å²) >= 11 is 0. The molecule has 102 valence electrons. The molecule has 0 aromatic carbocycles. The Hall–Kier alpha value is 0.0700. The molecule has 1 fully saturated rings. The van der Waals surface area contributed by atoms with Crippen LogP contribution in [0.2, 0.25) is 0 Å². The Morgan fingerprint density at radius 2 is 1.94 bits per heavy atom. The van der Waals surface area contributed by atoms with Gasteiger partial charge in [-0.05, 0) is 52.2 Å². The highest BCUT2D eigenvalue weighted by atomic mass is 32.2. The molecule has 0 aromatic heterocycles. The van der Waals surface area contributed by atoms with Gasteiger partial charge in [-0.25, -0.2) is 0 Å². The van der Waals surface area contributed by atoms with Gasteiger partial charge >= 0.3 is 0 Å². The van der Waals surface area contributed by atoms with Crippen LogP contribution in [0.4, 0.5) is 0 Å². The number of likely N-dealkylation sites (tertiary alicyclic amines) is 1. The van der Waals surface area contributed by atoms with Crippen LogP contribution >= 0.6 is 0 Å². The summed E-state index contributed by atoms with van der Waals surface area (Å²) < 4.78 is 11.3. The van der Waals surface area contributed by atoms with Gasteiger partial charge in [-0.1, -0.05) is 6.92 Å². The zero-order valence-electron chi connectivity index (χ0n) is 11.7. The van der Waals surface area contributed by atoms with Crippen LogP contribution in [0.15, 0.2) is 0 Å². The van der Waals surface area contributed by atoms with Gasteiger partial charge < -0.3 is 10.2 Å². The molecule has 1 aliphatic heterocycles. The van der Waals surface area contributed by atoms with Gasteiger partial charge in [0.15, 0.2) is 0 Å². The number of hydrogen-bond acceptors (Lipinski definition) is 3. The lowest BCUT2D eigenvalue weighted by Crippen LogP contribution is -2.43. The first-order chi connectivity index (χ1) is 8.04. The lowest BCUT2D eigenvalue weighted by Gasteiger charge is -2.34. The van der Waals surface area contributed by atoms with E-state index < -0.39 is 10.8 Å². The van der Waals surface area contributed by atoms with Crippen molar-refractivity contribution in [3.8, 4) is 0 Å². The fourth-order valence-corrected chi connectivity index (χ4v) is 2.74. The SMILES string of the molecule is CCN1CCC(C(C)NCC(C)S(C)=O)CC1. The van der Waals surface area contributed by atoms with E-state index in [-0.39, 0.29) is 5.25 Å². The quantitative estimate of drug-likeness (QED) is 0.785. The van der Waals surface area contributed by atoms with Gasteiger partial charge in [0.1, 0.15) is 0 Å². The van der Waals surface area contributed by atoms with E-state index in [0.29, 0.717) is 6.04 Å². The fraction of sp³-hybridized carbons (Fsp3) is 1.00. The molecule has 17 heavy (non-hydrogen) atoms. The summed E-state index contributed by atoms with van der Waals surface area (Å²) in [6, 6.07) is 0.556. The summed E-state index contributed by atoms with van der Waals surface area (Å²) in [5.74, 6) is 0.787.